The smallest absolute Gasteiger partial charge is 0.191 e. The number of nitrogens with two attached hydrogens (primary N) is 1. The third-order valence-electron chi connectivity index (χ3n) is 3.51. The van der Waals surface area contributed by atoms with Crippen LogP contribution < -0.4 is 16.6 Å². The number of nitrogens with one attached hydrogen (secondary N) is 2. The van der Waals surface area contributed by atoms with Crippen molar-refractivity contribution in [1.29, 1.82) is 0 Å². The Morgan fingerprint density at radius 3 is 2.79 bits per heavy atom. The molecule has 0 saturated heterocycles. The van der Waals surface area contributed by atoms with E-state index in [9.17, 15) is 5.11 Å². The first kappa shape index (κ1) is 14.4. The number of thioether (sulfide) groups is 1. The van der Waals surface area contributed by atoms with Gasteiger partial charge in [-0.25, -0.2) is 15.8 Å². The zero-order chi connectivity index (χ0) is 13.7. The molecule has 6 nitrogen and oxygen atoms in total. The van der Waals surface area contributed by atoms with Gasteiger partial charge < -0.3 is 15.8 Å². The van der Waals surface area contributed by atoms with Crippen LogP contribution in [0.1, 0.15) is 25.7 Å². The van der Waals surface area contributed by atoms with Gasteiger partial charge in [0.05, 0.1) is 0 Å². The van der Waals surface area contributed by atoms with Crippen molar-refractivity contribution in [3.05, 3.63) is 6.07 Å². The largest absolute Gasteiger partial charge is 0.396 e. The minimum Gasteiger partial charge on any atom is -0.396 e. The minimum absolute atomic E-state index is 0.222. The van der Waals surface area contributed by atoms with Crippen LogP contribution in [0.3, 0.4) is 0 Å². The van der Waals surface area contributed by atoms with E-state index in [0.29, 0.717) is 16.9 Å². The molecule has 1 aromatic rings. The Kier molecular flexibility index (Phi) is 5.24. The third kappa shape index (κ3) is 3.71. The summed E-state index contributed by atoms with van der Waals surface area (Å²) in [5.74, 6) is 7.07. The lowest BCUT2D eigenvalue weighted by Gasteiger charge is -2.31. The summed E-state index contributed by atoms with van der Waals surface area (Å²) in [4.78, 5) is 8.66. The zero-order valence-corrected chi connectivity index (χ0v) is 11.9. The SMILES string of the molecule is CSc1nc(NN)cc(NC2CCCCC2CO)n1. The Balaban J connectivity index is 2.12. The highest BCUT2D eigenvalue weighted by molar-refractivity contribution is 7.98. The van der Waals surface area contributed by atoms with Gasteiger partial charge in [0.25, 0.3) is 0 Å². The molecule has 106 valence electrons. The first-order valence-electron chi connectivity index (χ1n) is 6.54. The lowest BCUT2D eigenvalue weighted by Crippen LogP contribution is -2.34. The lowest BCUT2D eigenvalue weighted by molar-refractivity contribution is 0.178. The van der Waals surface area contributed by atoms with Crippen LogP contribution in [0.15, 0.2) is 11.2 Å². The highest BCUT2D eigenvalue weighted by Crippen LogP contribution is 2.27. The number of hydrazine groups is 1. The molecular weight excluding hydrogens is 262 g/mol. The Morgan fingerprint density at radius 1 is 1.37 bits per heavy atom. The van der Waals surface area contributed by atoms with E-state index in [2.05, 4.69) is 20.7 Å². The highest BCUT2D eigenvalue weighted by Gasteiger charge is 2.24. The van der Waals surface area contributed by atoms with E-state index in [-0.39, 0.29) is 12.6 Å². The van der Waals surface area contributed by atoms with E-state index in [4.69, 9.17) is 5.84 Å². The number of nitrogens with zero attached hydrogens (tertiary/aromatic N) is 2. The number of nitrogen functional groups attached to an aromatic ring is 1. The van der Waals surface area contributed by atoms with E-state index < -0.39 is 0 Å². The van der Waals surface area contributed by atoms with Crippen LogP contribution in [-0.2, 0) is 0 Å². The van der Waals surface area contributed by atoms with Gasteiger partial charge in [-0.05, 0) is 19.1 Å². The molecule has 0 spiro atoms. The quantitative estimate of drug-likeness (QED) is 0.281. The summed E-state index contributed by atoms with van der Waals surface area (Å²) in [7, 11) is 0. The fraction of sp³-hybridized carbons (Fsp3) is 0.667. The molecular formula is C12H21N5OS. The van der Waals surface area contributed by atoms with Gasteiger partial charge in [-0.15, -0.1) is 0 Å². The van der Waals surface area contributed by atoms with Gasteiger partial charge in [0.1, 0.15) is 11.6 Å². The van der Waals surface area contributed by atoms with E-state index >= 15 is 0 Å². The van der Waals surface area contributed by atoms with Crippen molar-refractivity contribution in [3.63, 3.8) is 0 Å². The van der Waals surface area contributed by atoms with Crippen LogP contribution in [0.25, 0.3) is 0 Å². The van der Waals surface area contributed by atoms with Crippen LogP contribution in [0.2, 0.25) is 0 Å². The molecule has 0 aliphatic heterocycles. The monoisotopic (exact) mass is 283 g/mol. The highest BCUT2D eigenvalue weighted by atomic mass is 32.2. The molecule has 19 heavy (non-hydrogen) atoms. The Bertz CT molecular complexity index is 395. The van der Waals surface area contributed by atoms with Crippen LogP contribution in [0.5, 0.6) is 0 Å². The molecule has 0 bridgehead atoms. The summed E-state index contributed by atoms with van der Waals surface area (Å²) < 4.78 is 0. The summed E-state index contributed by atoms with van der Waals surface area (Å²) in [6.45, 7) is 0.222. The van der Waals surface area contributed by atoms with Crippen LogP contribution in [0, 0.1) is 5.92 Å². The molecule has 2 atom stereocenters. The van der Waals surface area contributed by atoms with E-state index in [1.165, 1.54) is 24.6 Å². The van der Waals surface area contributed by atoms with Gasteiger partial charge in [-0.2, -0.15) is 0 Å². The molecule has 0 radical (unpaired) electrons. The zero-order valence-electron chi connectivity index (χ0n) is 11.1. The predicted molar refractivity (Wildman–Crippen MR) is 78.1 cm³/mol. The molecule has 1 saturated carbocycles. The first-order valence-corrected chi connectivity index (χ1v) is 7.76. The first-order chi connectivity index (χ1) is 9.26. The number of rotatable bonds is 5. The molecule has 1 aliphatic rings. The maximum Gasteiger partial charge on any atom is 0.191 e. The van der Waals surface area contributed by atoms with Crippen LogP contribution >= 0.6 is 11.8 Å². The van der Waals surface area contributed by atoms with Gasteiger partial charge in [0.2, 0.25) is 0 Å². The number of hydrogen-bond acceptors (Lipinski definition) is 7. The lowest BCUT2D eigenvalue weighted by atomic mass is 9.85. The number of aliphatic hydroxyl groups is 1. The van der Waals surface area contributed by atoms with Gasteiger partial charge >= 0.3 is 0 Å². The molecule has 0 amide bonds. The van der Waals surface area contributed by atoms with E-state index in [1.54, 1.807) is 6.07 Å². The summed E-state index contributed by atoms with van der Waals surface area (Å²) in [5.41, 5.74) is 2.55. The van der Waals surface area contributed by atoms with Crippen molar-refractivity contribution in [2.24, 2.45) is 11.8 Å². The van der Waals surface area contributed by atoms with E-state index in [0.717, 1.165) is 18.7 Å². The summed E-state index contributed by atoms with van der Waals surface area (Å²) in [6, 6.07) is 2.07. The average Bonchev–Trinajstić information content (AvgIpc) is 2.47. The molecule has 1 fully saturated rings. The second-order valence-corrected chi connectivity index (χ2v) is 5.52. The minimum atomic E-state index is 0.222. The second kappa shape index (κ2) is 6.93. The molecule has 2 rings (SSSR count). The molecule has 5 N–H and O–H groups in total. The maximum atomic E-state index is 9.43. The van der Waals surface area contributed by atoms with Crippen molar-refractivity contribution in [3.8, 4) is 0 Å². The fourth-order valence-electron chi connectivity index (χ4n) is 2.47. The fourth-order valence-corrected chi connectivity index (χ4v) is 2.85. The van der Waals surface area contributed by atoms with Crippen molar-refractivity contribution in [1.82, 2.24) is 9.97 Å². The molecule has 1 aliphatic carbocycles. The van der Waals surface area contributed by atoms with Gasteiger partial charge in [-0.3, -0.25) is 0 Å². The second-order valence-electron chi connectivity index (χ2n) is 4.75. The molecule has 7 heteroatoms. The van der Waals surface area contributed by atoms with Crippen molar-refractivity contribution in [2.75, 3.05) is 23.6 Å². The van der Waals surface area contributed by atoms with Gasteiger partial charge in [0, 0.05) is 24.6 Å². The van der Waals surface area contributed by atoms with Crippen molar-refractivity contribution in [2.45, 2.75) is 36.9 Å². The third-order valence-corrected chi connectivity index (χ3v) is 4.06. The maximum absolute atomic E-state index is 9.43. The topological polar surface area (TPSA) is 96.1 Å². The predicted octanol–water partition coefficient (Wildman–Crippen LogP) is 1.45. The van der Waals surface area contributed by atoms with Crippen LogP contribution in [-0.4, -0.2) is 34.0 Å². The van der Waals surface area contributed by atoms with Gasteiger partial charge in [-0.1, -0.05) is 24.6 Å². The van der Waals surface area contributed by atoms with E-state index in [1.807, 2.05) is 6.26 Å². The standard InChI is InChI=1S/C12H21N5OS/c1-19-12-15-10(6-11(16-12)17-13)14-9-5-3-2-4-8(9)7-18/h6,8-9,18H,2-5,7,13H2,1H3,(H2,14,15,16,17). The summed E-state index contributed by atoms with van der Waals surface area (Å²) in [6.07, 6.45) is 6.44. The average molecular weight is 283 g/mol. The number of hydrogen-bond donors (Lipinski definition) is 4. The number of aliphatic hydroxyl groups excluding tert-OH is 1. The van der Waals surface area contributed by atoms with Crippen LogP contribution in [0.4, 0.5) is 11.6 Å². The van der Waals surface area contributed by atoms with Crippen molar-refractivity contribution < 1.29 is 5.11 Å². The number of anilines is 2. The molecule has 1 aromatic heterocycles. The molecule has 0 aromatic carbocycles. The van der Waals surface area contributed by atoms with Crippen molar-refractivity contribution >= 4 is 23.4 Å². The Hall–Kier alpha value is -1.05. The Morgan fingerprint density at radius 2 is 2.11 bits per heavy atom. The van der Waals surface area contributed by atoms with Gasteiger partial charge in [0.15, 0.2) is 5.16 Å². The normalized spacial score (nSPS) is 23.1. The number of aromatic nitrogens is 2. The Labute approximate surface area is 117 Å². The summed E-state index contributed by atoms with van der Waals surface area (Å²) in [5, 5.41) is 13.5. The summed E-state index contributed by atoms with van der Waals surface area (Å²) >= 11 is 1.47. The molecule has 1 heterocycles. The molecule has 2 unspecified atom stereocenters.